The molecular formula is C21H23NO8. The maximum atomic E-state index is 12.8. The standard InChI is InChI=1S/C21H23NO8/c1-4-9-29-19(24)17-15(23)12-21(3,26)18(20(25)30-10-5-2)16(17)13-7-6-8-14(11-13)22(27)28/h4-8,11,16-18,26H,1-2,9-10,12H2,3H3/t16-,17+,18+,21-/m0/s1. The van der Waals surface area contributed by atoms with Crippen LogP contribution in [0.25, 0.3) is 0 Å². The normalized spacial score (nSPS) is 25.8. The Morgan fingerprint density at radius 2 is 1.87 bits per heavy atom. The van der Waals surface area contributed by atoms with Crippen molar-refractivity contribution in [1.82, 2.24) is 0 Å². The van der Waals surface area contributed by atoms with Crippen molar-refractivity contribution < 1.29 is 33.9 Å². The molecule has 1 aromatic rings. The lowest BCUT2D eigenvalue weighted by Crippen LogP contribution is -2.55. The summed E-state index contributed by atoms with van der Waals surface area (Å²) < 4.78 is 10.2. The quantitative estimate of drug-likeness (QED) is 0.223. The number of aliphatic hydroxyl groups is 1. The number of nitro benzene ring substituents is 1. The fourth-order valence-electron chi connectivity index (χ4n) is 3.72. The SMILES string of the molecule is C=CCOC(=O)[C@@H]1C(=O)C[C@](C)(O)[C@@H](C(=O)OCC=C)[C@H]1c1cccc([N+](=O)[O-])c1. The van der Waals surface area contributed by atoms with E-state index >= 15 is 0 Å². The minimum absolute atomic E-state index is 0.146. The Bertz CT molecular complexity index is 876. The van der Waals surface area contributed by atoms with Crippen LogP contribution in [0.15, 0.2) is 49.6 Å². The van der Waals surface area contributed by atoms with Crippen LogP contribution in [0.5, 0.6) is 0 Å². The number of carbonyl (C=O) groups is 3. The monoisotopic (exact) mass is 417 g/mol. The number of ketones is 1. The smallest absolute Gasteiger partial charge is 0.317 e. The molecule has 1 N–H and O–H groups in total. The lowest BCUT2D eigenvalue weighted by molar-refractivity contribution is -0.385. The Labute approximate surface area is 173 Å². The number of benzene rings is 1. The van der Waals surface area contributed by atoms with Gasteiger partial charge in [0.25, 0.3) is 5.69 Å². The molecule has 1 fully saturated rings. The number of rotatable bonds is 8. The van der Waals surface area contributed by atoms with Gasteiger partial charge in [0.2, 0.25) is 0 Å². The van der Waals surface area contributed by atoms with Crippen LogP contribution in [0.1, 0.15) is 24.8 Å². The van der Waals surface area contributed by atoms with Gasteiger partial charge in [-0.15, -0.1) is 0 Å². The van der Waals surface area contributed by atoms with Gasteiger partial charge in [0.05, 0.1) is 16.4 Å². The molecule has 0 amide bonds. The van der Waals surface area contributed by atoms with Gasteiger partial charge < -0.3 is 14.6 Å². The Morgan fingerprint density at radius 1 is 1.27 bits per heavy atom. The van der Waals surface area contributed by atoms with Crippen LogP contribution in [-0.4, -0.2) is 46.6 Å². The Morgan fingerprint density at radius 3 is 2.43 bits per heavy atom. The fourth-order valence-corrected chi connectivity index (χ4v) is 3.72. The summed E-state index contributed by atoms with van der Waals surface area (Å²) in [7, 11) is 0. The third-order valence-corrected chi connectivity index (χ3v) is 4.93. The molecule has 9 nitrogen and oxygen atoms in total. The highest BCUT2D eigenvalue weighted by molar-refractivity contribution is 6.02. The summed E-state index contributed by atoms with van der Waals surface area (Å²) in [5.41, 5.74) is -1.97. The van der Waals surface area contributed by atoms with Crippen molar-refractivity contribution in [2.45, 2.75) is 24.9 Å². The molecule has 0 aliphatic heterocycles. The third kappa shape index (κ3) is 4.80. The number of carbonyl (C=O) groups excluding carboxylic acids is 3. The zero-order valence-electron chi connectivity index (χ0n) is 16.5. The van der Waals surface area contributed by atoms with E-state index in [4.69, 9.17) is 9.47 Å². The van der Waals surface area contributed by atoms with Crippen molar-refractivity contribution in [2.75, 3.05) is 13.2 Å². The van der Waals surface area contributed by atoms with Gasteiger partial charge in [-0.2, -0.15) is 0 Å². The highest BCUT2D eigenvalue weighted by atomic mass is 16.6. The van der Waals surface area contributed by atoms with E-state index < -0.39 is 52.4 Å². The molecule has 1 aliphatic carbocycles. The van der Waals surface area contributed by atoms with E-state index in [1.165, 1.54) is 43.3 Å². The molecule has 2 rings (SSSR count). The molecule has 0 unspecified atom stereocenters. The summed E-state index contributed by atoms with van der Waals surface area (Å²) >= 11 is 0. The number of esters is 2. The van der Waals surface area contributed by atoms with Crippen LogP contribution in [0.3, 0.4) is 0 Å². The van der Waals surface area contributed by atoms with Gasteiger partial charge in [0.15, 0.2) is 5.78 Å². The molecular weight excluding hydrogens is 394 g/mol. The van der Waals surface area contributed by atoms with Crippen molar-refractivity contribution in [3.63, 3.8) is 0 Å². The molecule has 1 saturated carbocycles. The largest absolute Gasteiger partial charge is 0.461 e. The molecule has 0 heterocycles. The zero-order valence-corrected chi connectivity index (χ0v) is 16.5. The Balaban J connectivity index is 2.64. The van der Waals surface area contributed by atoms with Gasteiger partial charge in [-0.05, 0) is 12.5 Å². The van der Waals surface area contributed by atoms with Gasteiger partial charge in [0, 0.05) is 24.5 Å². The summed E-state index contributed by atoms with van der Waals surface area (Å²) in [6, 6.07) is 5.23. The van der Waals surface area contributed by atoms with Gasteiger partial charge in [-0.3, -0.25) is 24.5 Å². The molecule has 0 bridgehead atoms. The predicted octanol–water partition coefficient (Wildman–Crippen LogP) is 2.09. The first-order valence-electron chi connectivity index (χ1n) is 9.18. The molecule has 1 aromatic carbocycles. The maximum absolute atomic E-state index is 12.8. The topological polar surface area (TPSA) is 133 Å². The first kappa shape index (κ1) is 23.0. The first-order chi connectivity index (χ1) is 14.1. The van der Waals surface area contributed by atoms with E-state index in [2.05, 4.69) is 13.2 Å². The van der Waals surface area contributed by atoms with Crippen LogP contribution >= 0.6 is 0 Å². The molecule has 0 spiro atoms. The Kier molecular flexibility index (Phi) is 7.23. The summed E-state index contributed by atoms with van der Waals surface area (Å²) in [6.45, 7) is 7.89. The van der Waals surface area contributed by atoms with Crippen molar-refractivity contribution in [3.8, 4) is 0 Å². The van der Waals surface area contributed by atoms with Crippen LogP contribution in [0, 0.1) is 22.0 Å². The minimum Gasteiger partial charge on any atom is -0.461 e. The lowest BCUT2D eigenvalue weighted by atomic mass is 9.61. The molecule has 0 aromatic heterocycles. The van der Waals surface area contributed by atoms with E-state index in [0.717, 1.165) is 0 Å². The third-order valence-electron chi connectivity index (χ3n) is 4.93. The van der Waals surface area contributed by atoms with E-state index in [9.17, 15) is 29.6 Å². The van der Waals surface area contributed by atoms with Crippen molar-refractivity contribution in [3.05, 3.63) is 65.3 Å². The first-order valence-corrected chi connectivity index (χ1v) is 9.18. The zero-order chi connectivity index (χ0) is 22.5. The second-order valence-corrected chi connectivity index (χ2v) is 7.17. The van der Waals surface area contributed by atoms with Crippen molar-refractivity contribution in [2.24, 2.45) is 11.8 Å². The maximum Gasteiger partial charge on any atom is 0.317 e. The van der Waals surface area contributed by atoms with E-state index in [-0.39, 0.29) is 24.5 Å². The van der Waals surface area contributed by atoms with E-state index in [1.54, 1.807) is 0 Å². The number of hydrogen-bond acceptors (Lipinski definition) is 8. The summed E-state index contributed by atoms with van der Waals surface area (Å²) in [5, 5.41) is 22.1. The molecule has 0 radical (unpaired) electrons. The fraction of sp³-hybridized carbons (Fsp3) is 0.381. The average Bonchev–Trinajstić information content (AvgIpc) is 2.69. The summed E-state index contributed by atoms with van der Waals surface area (Å²) in [5.74, 6) is -6.43. The molecule has 0 saturated heterocycles. The van der Waals surface area contributed by atoms with Crippen LogP contribution < -0.4 is 0 Å². The molecule has 9 heteroatoms. The van der Waals surface area contributed by atoms with Crippen molar-refractivity contribution >= 4 is 23.4 Å². The van der Waals surface area contributed by atoms with E-state index in [1.807, 2.05) is 0 Å². The second kappa shape index (κ2) is 9.45. The summed E-state index contributed by atoms with van der Waals surface area (Å²) in [4.78, 5) is 48.9. The number of nitrogens with zero attached hydrogens (tertiary/aromatic N) is 1. The second-order valence-electron chi connectivity index (χ2n) is 7.17. The lowest BCUT2D eigenvalue weighted by Gasteiger charge is -2.43. The molecule has 30 heavy (non-hydrogen) atoms. The van der Waals surface area contributed by atoms with Gasteiger partial charge in [-0.1, -0.05) is 37.4 Å². The number of Topliss-reactive ketones (excluding diaryl/α,β-unsaturated/α-hetero) is 1. The Hall–Kier alpha value is -3.33. The van der Waals surface area contributed by atoms with E-state index in [0.29, 0.717) is 0 Å². The van der Waals surface area contributed by atoms with Crippen LogP contribution in [0.4, 0.5) is 5.69 Å². The van der Waals surface area contributed by atoms with Crippen molar-refractivity contribution in [1.29, 1.82) is 0 Å². The highest BCUT2D eigenvalue weighted by Gasteiger charge is 2.57. The number of ether oxygens (including phenoxy) is 2. The number of non-ortho nitro benzene ring substituents is 1. The molecule has 1 aliphatic rings. The number of hydrogen-bond donors (Lipinski definition) is 1. The summed E-state index contributed by atoms with van der Waals surface area (Å²) in [6.07, 6.45) is 2.17. The molecule has 4 atom stereocenters. The number of nitro groups is 1. The minimum atomic E-state index is -1.85. The van der Waals surface area contributed by atoms with Gasteiger partial charge in [0.1, 0.15) is 19.1 Å². The van der Waals surface area contributed by atoms with Crippen LogP contribution in [-0.2, 0) is 23.9 Å². The highest BCUT2D eigenvalue weighted by Crippen LogP contribution is 2.47. The van der Waals surface area contributed by atoms with Crippen LogP contribution in [0.2, 0.25) is 0 Å². The van der Waals surface area contributed by atoms with Gasteiger partial charge in [-0.25, -0.2) is 0 Å². The van der Waals surface area contributed by atoms with Gasteiger partial charge >= 0.3 is 11.9 Å². The predicted molar refractivity (Wildman–Crippen MR) is 105 cm³/mol. The molecule has 160 valence electrons. The average molecular weight is 417 g/mol.